The van der Waals surface area contributed by atoms with Gasteiger partial charge in [-0.1, -0.05) is 6.07 Å². The van der Waals surface area contributed by atoms with Crippen molar-refractivity contribution in [3.63, 3.8) is 0 Å². The molecule has 2 aromatic rings. The zero-order chi connectivity index (χ0) is 16.4. The first-order valence-corrected chi connectivity index (χ1v) is 7.80. The third-order valence-electron chi connectivity index (χ3n) is 3.92. The van der Waals surface area contributed by atoms with E-state index in [1.165, 1.54) is 12.1 Å². The molecule has 0 spiro atoms. The molecule has 0 aliphatic carbocycles. The third-order valence-corrected chi connectivity index (χ3v) is 3.92. The molecule has 0 amide bonds. The fourth-order valence-electron chi connectivity index (χ4n) is 2.81. The van der Waals surface area contributed by atoms with Gasteiger partial charge in [-0.05, 0) is 43.2 Å². The number of halogens is 1. The molecule has 1 aliphatic rings. The Morgan fingerprint density at radius 2 is 2.13 bits per heavy atom. The van der Waals surface area contributed by atoms with E-state index in [2.05, 4.69) is 5.32 Å². The Labute approximate surface area is 135 Å². The second-order valence-electron chi connectivity index (χ2n) is 5.60. The molecule has 1 unspecified atom stereocenters. The Balaban J connectivity index is 2.08. The minimum Gasteiger partial charge on any atom is -0.494 e. The summed E-state index contributed by atoms with van der Waals surface area (Å²) < 4.78 is 25.5. The smallest absolute Gasteiger partial charge is 0.151 e. The van der Waals surface area contributed by atoms with Crippen LogP contribution in [0.1, 0.15) is 12.5 Å². The lowest BCUT2D eigenvalue weighted by Crippen LogP contribution is -2.37. The summed E-state index contributed by atoms with van der Waals surface area (Å²) in [6.07, 6.45) is -0.116. The van der Waals surface area contributed by atoms with Crippen LogP contribution in [0.2, 0.25) is 0 Å². The molecular weight excluding hydrogens is 295 g/mol. The molecule has 0 bridgehead atoms. The van der Waals surface area contributed by atoms with Gasteiger partial charge in [0.15, 0.2) is 5.75 Å². The zero-order valence-electron chi connectivity index (χ0n) is 13.4. The highest BCUT2D eigenvalue weighted by molar-refractivity contribution is 5.81. The van der Waals surface area contributed by atoms with E-state index in [-0.39, 0.29) is 11.9 Å². The molecule has 1 heterocycles. The third kappa shape index (κ3) is 3.10. The van der Waals surface area contributed by atoms with Gasteiger partial charge in [-0.15, -0.1) is 0 Å². The SMILES string of the molecule is CCOc1ccc(-c2cc(F)cc3c2OC(CN)CN3)c(C)c1. The summed E-state index contributed by atoms with van der Waals surface area (Å²) in [7, 11) is 0. The lowest BCUT2D eigenvalue weighted by molar-refractivity contribution is 0.215. The highest BCUT2D eigenvalue weighted by atomic mass is 19.1. The van der Waals surface area contributed by atoms with Gasteiger partial charge < -0.3 is 20.5 Å². The van der Waals surface area contributed by atoms with Crippen molar-refractivity contribution in [1.82, 2.24) is 0 Å². The van der Waals surface area contributed by atoms with Gasteiger partial charge in [0.25, 0.3) is 0 Å². The average molecular weight is 316 g/mol. The van der Waals surface area contributed by atoms with E-state index in [9.17, 15) is 4.39 Å². The molecule has 0 fully saturated rings. The van der Waals surface area contributed by atoms with E-state index in [0.29, 0.717) is 31.1 Å². The molecule has 3 rings (SSSR count). The minimum atomic E-state index is -0.297. The molecule has 1 aliphatic heterocycles. The van der Waals surface area contributed by atoms with E-state index in [1.54, 1.807) is 0 Å². The standard InChI is InChI=1S/C18H21FN2O2/c1-3-22-13-4-5-15(11(2)6-13)16-7-12(19)8-17-18(16)23-14(9-20)10-21-17/h4-8,14,21H,3,9-10,20H2,1-2H3. The number of hydrogen-bond donors (Lipinski definition) is 2. The average Bonchev–Trinajstić information content (AvgIpc) is 2.54. The van der Waals surface area contributed by atoms with E-state index in [0.717, 1.165) is 22.4 Å². The largest absolute Gasteiger partial charge is 0.494 e. The van der Waals surface area contributed by atoms with Gasteiger partial charge in [-0.25, -0.2) is 4.39 Å². The summed E-state index contributed by atoms with van der Waals surface area (Å²) in [5.41, 5.74) is 9.02. The summed E-state index contributed by atoms with van der Waals surface area (Å²) in [5.74, 6) is 1.16. The van der Waals surface area contributed by atoms with Crippen LogP contribution in [0.25, 0.3) is 11.1 Å². The molecule has 2 aromatic carbocycles. The minimum absolute atomic E-state index is 0.116. The molecule has 0 radical (unpaired) electrons. The summed E-state index contributed by atoms with van der Waals surface area (Å²) in [5, 5.41) is 3.20. The van der Waals surface area contributed by atoms with Gasteiger partial charge in [0.1, 0.15) is 17.7 Å². The monoisotopic (exact) mass is 316 g/mol. The van der Waals surface area contributed by atoms with Gasteiger partial charge >= 0.3 is 0 Å². The number of hydrogen-bond acceptors (Lipinski definition) is 4. The summed E-state index contributed by atoms with van der Waals surface area (Å²) in [4.78, 5) is 0. The van der Waals surface area contributed by atoms with Gasteiger partial charge in [0, 0.05) is 18.2 Å². The summed E-state index contributed by atoms with van der Waals surface area (Å²) >= 11 is 0. The topological polar surface area (TPSA) is 56.5 Å². The van der Waals surface area contributed by atoms with Crippen LogP contribution in [0.15, 0.2) is 30.3 Å². The number of ether oxygens (including phenoxy) is 2. The first-order chi connectivity index (χ1) is 11.1. The summed E-state index contributed by atoms with van der Waals surface area (Å²) in [6.45, 7) is 5.52. The molecular formula is C18H21FN2O2. The zero-order valence-corrected chi connectivity index (χ0v) is 13.4. The van der Waals surface area contributed by atoms with Crippen molar-refractivity contribution in [2.24, 2.45) is 5.73 Å². The molecule has 4 nitrogen and oxygen atoms in total. The quantitative estimate of drug-likeness (QED) is 0.908. The molecule has 23 heavy (non-hydrogen) atoms. The molecule has 122 valence electrons. The van der Waals surface area contributed by atoms with Crippen LogP contribution >= 0.6 is 0 Å². The Morgan fingerprint density at radius 3 is 2.83 bits per heavy atom. The molecule has 0 aromatic heterocycles. The number of nitrogens with one attached hydrogen (secondary N) is 1. The number of aryl methyl sites for hydroxylation is 1. The van der Waals surface area contributed by atoms with Crippen molar-refractivity contribution in [2.45, 2.75) is 20.0 Å². The van der Waals surface area contributed by atoms with E-state index >= 15 is 0 Å². The second kappa shape index (κ2) is 6.46. The first-order valence-electron chi connectivity index (χ1n) is 7.80. The van der Waals surface area contributed by atoms with Crippen molar-refractivity contribution in [3.8, 4) is 22.6 Å². The van der Waals surface area contributed by atoms with Crippen LogP contribution in [0.4, 0.5) is 10.1 Å². The maximum atomic E-state index is 14.0. The Hall–Kier alpha value is -2.27. The first kappa shape index (κ1) is 15.6. The van der Waals surface area contributed by atoms with Crippen LogP contribution in [-0.2, 0) is 0 Å². The lowest BCUT2D eigenvalue weighted by Gasteiger charge is -2.28. The fraction of sp³-hybridized carbons (Fsp3) is 0.333. The highest BCUT2D eigenvalue weighted by Crippen LogP contribution is 2.41. The Kier molecular flexibility index (Phi) is 4.39. The molecule has 1 atom stereocenters. The lowest BCUT2D eigenvalue weighted by atomic mass is 9.97. The van der Waals surface area contributed by atoms with E-state index in [4.69, 9.17) is 15.2 Å². The molecule has 0 saturated carbocycles. The second-order valence-corrected chi connectivity index (χ2v) is 5.60. The van der Waals surface area contributed by atoms with Gasteiger partial charge in [0.2, 0.25) is 0 Å². The van der Waals surface area contributed by atoms with E-state index < -0.39 is 0 Å². The Bertz CT molecular complexity index is 718. The predicted molar refractivity (Wildman–Crippen MR) is 89.7 cm³/mol. The van der Waals surface area contributed by atoms with Crippen molar-refractivity contribution in [3.05, 3.63) is 41.7 Å². The fourth-order valence-corrected chi connectivity index (χ4v) is 2.81. The van der Waals surface area contributed by atoms with Crippen molar-refractivity contribution < 1.29 is 13.9 Å². The van der Waals surface area contributed by atoms with Gasteiger partial charge in [-0.3, -0.25) is 0 Å². The van der Waals surface area contributed by atoms with Crippen molar-refractivity contribution >= 4 is 5.69 Å². The number of fused-ring (bicyclic) bond motifs is 1. The maximum Gasteiger partial charge on any atom is 0.151 e. The van der Waals surface area contributed by atoms with Crippen LogP contribution in [-0.4, -0.2) is 25.8 Å². The van der Waals surface area contributed by atoms with Crippen molar-refractivity contribution in [1.29, 1.82) is 0 Å². The van der Waals surface area contributed by atoms with Crippen LogP contribution in [0, 0.1) is 12.7 Å². The van der Waals surface area contributed by atoms with Gasteiger partial charge in [0.05, 0.1) is 18.8 Å². The molecule has 0 saturated heterocycles. The van der Waals surface area contributed by atoms with Gasteiger partial charge in [-0.2, -0.15) is 0 Å². The van der Waals surface area contributed by atoms with Crippen LogP contribution in [0.3, 0.4) is 0 Å². The van der Waals surface area contributed by atoms with Crippen LogP contribution in [0.5, 0.6) is 11.5 Å². The maximum absolute atomic E-state index is 14.0. The van der Waals surface area contributed by atoms with Crippen molar-refractivity contribution in [2.75, 3.05) is 25.0 Å². The number of nitrogens with two attached hydrogens (primary N) is 1. The van der Waals surface area contributed by atoms with E-state index in [1.807, 2.05) is 32.0 Å². The number of anilines is 1. The van der Waals surface area contributed by atoms with Crippen LogP contribution < -0.4 is 20.5 Å². The predicted octanol–water partition coefficient (Wildman–Crippen LogP) is 3.33. The normalized spacial score (nSPS) is 16.3. The Morgan fingerprint density at radius 1 is 1.30 bits per heavy atom. The molecule has 3 N–H and O–H groups in total. The highest BCUT2D eigenvalue weighted by Gasteiger charge is 2.23. The number of benzene rings is 2. The molecule has 5 heteroatoms. The number of rotatable bonds is 4. The summed E-state index contributed by atoms with van der Waals surface area (Å²) in [6, 6.07) is 8.73.